The van der Waals surface area contributed by atoms with Gasteiger partial charge in [-0.25, -0.2) is 0 Å². The molecule has 0 spiro atoms. The molecule has 0 fully saturated rings. The molecule has 4 heteroatoms. The zero-order chi connectivity index (χ0) is 22.0. The minimum absolute atomic E-state index is 0.213. The standard InChI is InChI=1S/C24H46O4/c1-18(16-23(4,5)6)12-14-27-21(25)11-10-20(3)22(26)28-15-13-19(2)17-24(7,8)9/h18-20H,10-17H2,1-9H3. The second kappa shape index (κ2) is 12.5. The Morgan fingerprint density at radius 2 is 1.14 bits per heavy atom. The third kappa shape index (κ3) is 15.9. The highest BCUT2D eigenvalue weighted by atomic mass is 16.5. The summed E-state index contributed by atoms with van der Waals surface area (Å²) in [7, 11) is 0. The Morgan fingerprint density at radius 3 is 1.57 bits per heavy atom. The number of esters is 2. The number of hydrogen-bond acceptors (Lipinski definition) is 4. The topological polar surface area (TPSA) is 52.6 Å². The maximum Gasteiger partial charge on any atom is 0.308 e. The van der Waals surface area contributed by atoms with Gasteiger partial charge in [0.15, 0.2) is 0 Å². The van der Waals surface area contributed by atoms with Crippen molar-refractivity contribution in [2.45, 2.75) is 101 Å². The molecule has 0 amide bonds. The SMILES string of the molecule is CC(CCOC(=O)CCC(C)C(=O)OCCC(C)CC(C)(C)C)CC(C)(C)C. The van der Waals surface area contributed by atoms with E-state index in [1.165, 1.54) is 0 Å². The van der Waals surface area contributed by atoms with Gasteiger partial charge in [-0.1, -0.05) is 62.3 Å². The van der Waals surface area contributed by atoms with Crippen molar-refractivity contribution >= 4 is 11.9 Å². The first-order valence-corrected chi connectivity index (χ1v) is 11.0. The predicted molar refractivity (Wildman–Crippen MR) is 116 cm³/mol. The van der Waals surface area contributed by atoms with Crippen molar-refractivity contribution in [3.63, 3.8) is 0 Å². The van der Waals surface area contributed by atoms with Crippen LogP contribution in [0.5, 0.6) is 0 Å². The molecule has 3 unspecified atom stereocenters. The highest BCUT2D eigenvalue weighted by Crippen LogP contribution is 2.26. The summed E-state index contributed by atoms with van der Waals surface area (Å²) >= 11 is 0. The summed E-state index contributed by atoms with van der Waals surface area (Å²) in [5.74, 6) is 0.349. The lowest BCUT2D eigenvalue weighted by Gasteiger charge is -2.23. The number of hydrogen-bond donors (Lipinski definition) is 0. The Morgan fingerprint density at radius 1 is 0.714 bits per heavy atom. The lowest BCUT2D eigenvalue weighted by atomic mass is 9.84. The molecule has 0 saturated heterocycles. The highest BCUT2D eigenvalue weighted by Gasteiger charge is 2.19. The maximum atomic E-state index is 12.1. The fourth-order valence-corrected chi connectivity index (χ4v) is 3.70. The van der Waals surface area contributed by atoms with E-state index in [0.717, 1.165) is 25.7 Å². The Labute approximate surface area is 174 Å². The van der Waals surface area contributed by atoms with E-state index < -0.39 is 0 Å². The quantitative estimate of drug-likeness (QED) is 0.356. The van der Waals surface area contributed by atoms with E-state index in [1.807, 2.05) is 6.92 Å². The molecule has 28 heavy (non-hydrogen) atoms. The molecule has 0 aromatic carbocycles. The summed E-state index contributed by atoms with van der Waals surface area (Å²) in [6, 6.07) is 0. The molecule has 0 bridgehead atoms. The Hall–Kier alpha value is -1.06. The normalized spacial score (nSPS) is 15.6. The van der Waals surface area contributed by atoms with E-state index in [1.54, 1.807) is 0 Å². The largest absolute Gasteiger partial charge is 0.466 e. The van der Waals surface area contributed by atoms with Crippen molar-refractivity contribution < 1.29 is 19.1 Å². The van der Waals surface area contributed by atoms with Gasteiger partial charge >= 0.3 is 11.9 Å². The Kier molecular flexibility index (Phi) is 12.0. The van der Waals surface area contributed by atoms with E-state index in [0.29, 0.717) is 42.3 Å². The van der Waals surface area contributed by atoms with E-state index in [9.17, 15) is 9.59 Å². The first-order chi connectivity index (χ1) is 12.7. The maximum absolute atomic E-state index is 12.1. The predicted octanol–water partition coefficient (Wildman–Crippen LogP) is 6.41. The number of rotatable bonds is 12. The van der Waals surface area contributed by atoms with Crippen LogP contribution in [-0.4, -0.2) is 25.2 Å². The molecule has 0 aromatic rings. The van der Waals surface area contributed by atoms with E-state index >= 15 is 0 Å². The van der Waals surface area contributed by atoms with Gasteiger partial charge in [0.2, 0.25) is 0 Å². The molecule has 0 aliphatic heterocycles. The minimum Gasteiger partial charge on any atom is -0.466 e. The molecular formula is C24H46O4. The van der Waals surface area contributed by atoms with E-state index in [-0.39, 0.29) is 24.3 Å². The van der Waals surface area contributed by atoms with Crippen LogP contribution in [0.2, 0.25) is 0 Å². The van der Waals surface area contributed by atoms with Gasteiger partial charge in [-0.3, -0.25) is 9.59 Å². The van der Waals surface area contributed by atoms with Crippen LogP contribution in [0.4, 0.5) is 0 Å². The van der Waals surface area contributed by atoms with Crippen LogP contribution in [0.25, 0.3) is 0 Å². The van der Waals surface area contributed by atoms with Crippen LogP contribution >= 0.6 is 0 Å². The molecule has 3 atom stereocenters. The zero-order valence-corrected chi connectivity index (χ0v) is 20.0. The molecule has 4 nitrogen and oxygen atoms in total. The van der Waals surface area contributed by atoms with E-state index in [4.69, 9.17) is 9.47 Å². The molecule has 0 aromatic heterocycles. The molecule has 0 radical (unpaired) electrons. The number of carbonyl (C=O) groups excluding carboxylic acids is 2. The second-order valence-electron chi connectivity index (χ2n) is 11.1. The summed E-state index contributed by atoms with van der Waals surface area (Å²) in [6.45, 7) is 20.5. The van der Waals surface area contributed by atoms with Crippen molar-refractivity contribution in [3.8, 4) is 0 Å². The molecule has 166 valence electrons. The van der Waals surface area contributed by atoms with Crippen LogP contribution in [0.15, 0.2) is 0 Å². The number of carbonyl (C=O) groups is 2. The summed E-state index contributed by atoms with van der Waals surface area (Å²) < 4.78 is 10.7. The monoisotopic (exact) mass is 398 g/mol. The molecule has 0 aliphatic rings. The van der Waals surface area contributed by atoms with Gasteiger partial charge in [0.25, 0.3) is 0 Å². The summed E-state index contributed by atoms with van der Waals surface area (Å²) in [4.78, 5) is 24.0. The van der Waals surface area contributed by atoms with Gasteiger partial charge in [0.05, 0.1) is 19.1 Å². The third-order valence-corrected chi connectivity index (χ3v) is 4.83. The molecule has 0 rings (SSSR count). The lowest BCUT2D eigenvalue weighted by Crippen LogP contribution is -2.19. The zero-order valence-electron chi connectivity index (χ0n) is 20.0. The molecule has 0 N–H and O–H groups in total. The molecule has 0 heterocycles. The Bertz CT molecular complexity index is 456. The summed E-state index contributed by atoms with van der Waals surface area (Å²) in [6.07, 6.45) is 4.73. The fraction of sp³-hybridized carbons (Fsp3) is 0.917. The van der Waals surface area contributed by atoms with Gasteiger partial charge in [0.1, 0.15) is 0 Å². The van der Waals surface area contributed by atoms with Gasteiger partial charge in [0, 0.05) is 6.42 Å². The van der Waals surface area contributed by atoms with Crippen molar-refractivity contribution in [1.82, 2.24) is 0 Å². The van der Waals surface area contributed by atoms with Crippen molar-refractivity contribution in [2.24, 2.45) is 28.6 Å². The van der Waals surface area contributed by atoms with Crippen LogP contribution in [-0.2, 0) is 19.1 Å². The smallest absolute Gasteiger partial charge is 0.308 e. The van der Waals surface area contributed by atoms with Gasteiger partial charge in [-0.05, 0) is 54.8 Å². The summed E-state index contributed by atoms with van der Waals surface area (Å²) in [5, 5.41) is 0. The number of ether oxygens (including phenoxy) is 2. The van der Waals surface area contributed by atoms with Crippen LogP contribution in [0, 0.1) is 28.6 Å². The fourth-order valence-electron chi connectivity index (χ4n) is 3.70. The van der Waals surface area contributed by atoms with Crippen LogP contribution in [0.3, 0.4) is 0 Å². The first kappa shape index (κ1) is 26.9. The third-order valence-electron chi connectivity index (χ3n) is 4.83. The van der Waals surface area contributed by atoms with E-state index in [2.05, 4.69) is 55.4 Å². The minimum atomic E-state index is -0.273. The van der Waals surface area contributed by atoms with Crippen molar-refractivity contribution in [1.29, 1.82) is 0 Å². The van der Waals surface area contributed by atoms with Gasteiger partial charge in [-0.2, -0.15) is 0 Å². The highest BCUT2D eigenvalue weighted by molar-refractivity contribution is 5.74. The van der Waals surface area contributed by atoms with Crippen LogP contribution in [0.1, 0.15) is 101 Å². The molecule has 0 saturated carbocycles. The average Bonchev–Trinajstić information content (AvgIpc) is 2.48. The van der Waals surface area contributed by atoms with Gasteiger partial charge in [-0.15, -0.1) is 0 Å². The average molecular weight is 399 g/mol. The Balaban J connectivity index is 3.92. The second-order valence-corrected chi connectivity index (χ2v) is 11.1. The lowest BCUT2D eigenvalue weighted by molar-refractivity contribution is -0.149. The van der Waals surface area contributed by atoms with Crippen LogP contribution < -0.4 is 0 Å². The van der Waals surface area contributed by atoms with Crippen molar-refractivity contribution in [3.05, 3.63) is 0 Å². The molecular weight excluding hydrogens is 352 g/mol. The first-order valence-electron chi connectivity index (χ1n) is 11.0. The molecule has 0 aliphatic carbocycles. The van der Waals surface area contributed by atoms with Gasteiger partial charge < -0.3 is 9.47 Å². The van der Waals surface area contributed by atoms with Crippen molar-refractivity contribution in [2.75, 3.05) is 13.2 Å². The summed E-state index contributed by atoms with van der Waals surface area (Å²) in [5.41, 5.74) is 0.589.